The average molecular weight is 183 g/mol. The Morgan fingerprint density at radius 3 is 2.69 bits per heavy atom. The first-order valence-electron chi connectivity index (χ1n) is 5.91. The third-order valence-corrected chi connectivity index (χ3v) is 3.50. The zero-order chi connectivity index (χ0) is 9.68. The van der Waals surface area contributed by atoms with Crippen molar-refractivity contribution in [3.05, 3.63) is 0 Å². The van der Waals surface area contributed by atoms with Crippen LogP contribution in [0.25, 0.3) is 0 Å². The van der Waals surface area contributed by atoms with Crippen LogP contribution in [0, 0.1) is 11.8 Å². The van der Waals surface area contributed by atoms with E-state index in [1.807, 2.05) is 0 Å². The Kier molecular flexibility index (Phi) is 4.79. The monoisotopic (exact) mass is 183 g/mol. The van der Waals surface area contributed by atoms with Gasteiger partial charge >= 0.3 is 0 Å². The molecule has 0 radical (unpaired) electrons. The topological polar surface area (TPSA) is 3.24 Å². The summed E-state index contributed by atoms with van der Waals surface area (Å²) in [6.45, 7) is 7.15. The lowest BCUT2D eigenvalue weighted by molar-refractivity contribution is 0.236. The van der Waals surface area contributed by atoms with Gasteiger partial charge in [0.2, 0.25) is 0 Å². The number of hydrogen-bond donors (Lipinski definition) is 0. The molecule has 1 heteroatoms. The first-order chi connectivity index (χ1) is 6.22. The van der Waals surface area contributed by atoms with Crippen LogP contribution in [-0.4, -0.2) is 25.0 Å². The molecule has 0 amide bonds. The molecule has 0 aromatic heterocycles. The van der Waals surface area contributed by atoms with Gasteiger partial charge in [-0.3, -0.25) is 0 Å². The fourth-order valence-corrected chi connectivity index (χ4v) is 2.38. The highest BCUT2D eigenvalue weighted by atomic mass is 15.1. The zero-order valence-corrected chi connectivity index (χ0v) is 9.55. The first kappa shape index (κ1) is 11.0. The van der Waals surface area contributed by atoms with Gasteiger partial charge in [-0.1, -0.05) is 33.1 Å². The lowest BCUT2D eigenvalue weighted by Gasteiger charge is -2.28. The largest absolute Gasteiger partial charge is 0.307 e. The van der Waals surface area contributed by atoms with E-state index in [0.717, 1.165) is 11.8 Å². The Bertz CT molecular complexity index is 133. The van der Waals surface area contributed by atoms with Gasteiger partial charge in [0.25, 0.3) is 0 Å². The lowest BCUT2D eigenvalue weighted by atomic mass is 9.81. The second-order valence-electron chi connectivity index (χ2n) is 4.82. The maximum atomic E-state index is 2.43. The van der Waals surface area contributed by atoms with Crippen LogP contribution in [-0.2, 0) is 0 Å². The van der Waals surface area contributed by atoms with Gasteiger partial charge in [0.05, 0.1) is 0 Å². The molecule has 0 aromatic carbocycles. The van der Waals surface area contributed by atoms with Crippen LogP contribution in [0.3, 0.4) is 0 Å². The van der Waals surface area contributed by atoms with Crippen LogP contribution in [0.15, 0.2) is 0 Å². The van der Waals surface area contributed by atoms with Crippen LogP contribution < -0.4 is 0 Å². The van der Waals surface area contributed by atoms with E-state index in [2.05, 4.69) is 25.8 Å². The van der Waals surface area contributed by atoms with E-state index in [4.69, 9.17) is 0 Å². The van der Waals surface area contributed by atoms with Crippen LogP contribution in [0.2, 0.25) is 0 Å². The predicted octanol–water partition coefficient (Wildman–Crippen LogP) is 3.15. The molecule has 13 heavy (non-hydrogen) atoms. The van der Waals surface area contributed by atoms with Crippen molar-refractivity contribution in [1.29, 1.82) is 0 Å². The summed E-state index contributed by atoms with van der Waals surface area (Å²) in [6, 6.07) is 0. The highest BCUT2D eigenvalue weighted by Gasteiger charge is 2.18. The van der Waals surface area contributed by atoms with Crippen molar-refractivity contribution in [3.8, 4) is 0 Å². The van der Waals surface area contributed by atoms with Gasteiger partial charge in [-0.25, -0.2) is 0 Å². The molecule has 78 valence electrons. The molecule has 0 aliphatic heterocycles. The highest BCUT2D eigenvalue weighted by molar-refractivity contribution is 4.71. The maximum Gasteiger partial charge on any atom is -0.00193 e. The minimum absolute atomic E-state index is 0.991. The summed E-state index contributed by atoms with van der Waals surface area (Å²) in [4.78, 5) is 2.43. The third-order valence-electron chi connectivity index (χ3n) is 3.50. The molecule has 1 fully saturated rings. The molecule has 1 aliphatic rings. The normalized spacial score (nSPS) is 29.5. The van der Waals surface area contributed by atoms with Gasteiger partial charge in [-0.2, -0.15) is 0 Å². The Morgan fingerprint density at radius 1 is 1.31 bits per heavy atom. The predicted molar refractivity (Wildman–Crippen MR) is 58.9 cm³/mol. The van der Waals surface area contributed by atoms with Crippen molar-refractivity contribution in [2.24, 2.45) is 11.8 Å². The molecule has 0 heterocycles. The molecule has 1 aliphatic carbocycles. The van der Waals surface area contributed by atoms with Crippen molar-refractivity contribution < 1.29 is 0 Å². The van der Waals surface area contributed by atoms with E-state index in [9.17, 15) is 0 Å². The second kappa shape index (κ2) is 5.64. The summed E-state index contributed by atoms with van der Waals surface area (Å²) in [6.07, 6.45) is 7.34. The fourth-order valence-electron chi connectivity index (χ4n) is 2.38. The summed E-state index contributed by atoms with van der Waals surface area (Å²) < 4.78 is 0. The van der Waals surface area contributed by atoms with Crippen LogP contribution in [0.1, 0.15) is 46.0 Å². The van der Waals surface area contributed by atoms with Crippen molar-refractivity contribution >= 4 is 0 Å². The molecule has 0 aromatic rings. The summed E-state index contributed by atoms with van der Waals surface area (Å²) >= 11 is 0. The summed E-state index contributed by atoms with van der Waals surface area (Å²) in [5, 5.41) is 0. The minimum Gasteiger partial charge on any atom is -0.307 e. The third kappa shape index (κ3) is 4.12. The van der Waals surface area contributed by atoms with E-state index < -0.39 is 0 Å². The van der Waals surface area contributed by atoms with Crippen LogP contribution in [0.5, 0.6) is 0 Å². The first-order valence-corrected chi connectivity index (χ1v) is 5.91. The molecular formula is C12H25N. The Labute approximate surface area is 83.5 Å². The van der Waals surface area contributed by atoms with E-state index in [1.165, 1.54) is 45.2 Å². The number of nitrogens with zero attached hydrogens (tertiary/aromatic N) is 1. The summed E-state index contributed by atoms with van der Waals surface area (Å²) in [5.74, 6) is 2.02. The van der Waals surface area contributed by atoms with Gasteiger partial charge in [0, 0.05) is 0 Å². The van der Waals surface area contributed by atoms with Crippen LogP contribution in [0.4, 0.5) is 0 Å². The van der Waals surface area contributed by atoms with Crippen molar-refractivity contribution in [3.63, 3.8) is 0 Å². The van der Waals surface area contributed by atoms with Crippen molar-refractivity contribution in [1.82, 2.24) is 4.90 Å². The molecule has 1 nitrogen and oxygen atoms in total. The molecule has 1 rings (SSSR count). The van der Waals surface area contributed by atoms with E-state index >= 15 is 0 Å². The fraction of sp³-hybridized carbons (Fsp3) is 1.00. The quantitative estimate of drug-likeness (QED) is 0.647. The van der Waals surface area contributed by atoms with Gasteiger partial charge in [0.1, 0.15) is 0 Å². The number of rotatable bonds is 4. The molecule has 1 saturated carbocycles. The smallest absolute Gasteiger partial charge is 0.00193 e. The van der Waals surface area contributed by atoms with Crippen molar-refractivity contribution in [2.45, 2.75) is 46.0 Å². The molecular weight excluding hydrogens is 158 g/mol. The molecule has 2 unspecified atom stereocenters. The van der Waals surface area contributed by atoms with Crippen LogP contribution >= 0.6 is 0 Å². The van der Waals surface area contributed by atoms with Crippen molar-refractivity contribution in [2.75, 3.05) is 20.1 Å². The molecule has 0 N–H and O–H groups in total. The van der Waals surface area contributed by atoms with E-state index in [0.29, 0.717) is 0 Å². The molecule has 2 atom stereocenters. The van der Waals surface area contributed by atoms with Gasteiger partial charge in [0.15, 0.2) is 0 Å². The Morgan fingerprint density at radius 2 is 2.08 bits per heavy atom. The molecule has 0 spiro atoms. The molecule has 0 saturated heterocycles. The van der Waals surface area contributed by atoms with Gasteiger partial charge in [-0.15, -0.1) is 0 Å². The SMILES string of the molecule is CCN(C)CCC1CCCC(C)C1. The van der Waals surface area contributed by atoms with E-state index in [1.54, 1.807) is 0 Å². The Balaban J connectivity index is 2.13. The highest BCUT2D eigenvalue weighted by Crippen LogP contribution is 2.30. The van der Waals surface area contributed by atoms with Gasteiger partial charge in [-0.05, 0) is 44.8 Å². The number of hydrogen-bond acceptors (Lipinski definition) is 1. The minimum atomic E-state index is 0.991. The molecule has 0 bridgehead atoms. The standard InChI is InChI=1S/C12H25N/c1-4-13(3)9-8-12-7-5-6-11(2)10-12/h11-12H,4-10H2,1-3H3. The Hall–Kier alpha value is -0.0400. The van der Waals surface area contributed by atoms with E-state index in [-0.39, 0.29) is 0 Å². The zero-order valence-electron chi connectivity index (χ0n) is 9.55. The summed E-state index contributed by atoms with van der Waals surface area (Å²) in [5.41, 5.74) is 0. The summed E-state index contributed by atoms with van der Waals surface area (Å²) in [7, 11) is 2.23. The maximum absolute atomic E-state index is 2.43. The average Bonchev–Trinajstić information content (AvgIpc) is 2.14. The lowest BCUT2D eigenvalue weighted by Crippen LogP contribution is -2.23. The second-order valence-corrected chi connectivity index (χ2v) is 4.82. The van der Waals surface area contributed by atoms with Gasteiger partial charge < -0.3 is 4.90 Å².